The van der Waals surface area contributed by atoms with E-state index in [1.165, 1.54) is 5.56 Å². The summed E-state index contributed by atoms with van der Waals surface area (Å²) in [5.74, 6) is -0.0580. The summed E-state index contributed by atoms with van der Waals surface area (Å²) in [6.07, 6.45) is 2.87. The van der Waals surface area contributed by atoms with E-state index < -0.39 is 10.0 Å². The fourth-order valence-electron chi connectivity index (χ4n) is 4.08. The Bertz CT molecular complexity index is 1010. The minimum Gasteiger partial charge on any atom is -0.378 e. The fourth-order valence-corrected chi connectivity index (χ4v) is 5.60. The van der Waals surface area contributed by atoms with Crippen molar-refractivity contribution in [3.63, 3.8) is 0 Å². The molecular formula is C25H36N4O3S. The highest BCUT2D eigenvalue weighted by Crippen LogP contribution is 2.22. The topological polar surface area (TPSA) is 73.0 Å². The predicted molar refractivity (Wildman–Crippen MR) is 133 cm³/mol. The molecule has 0 amide bonds. The third-order valence-corrected chi connectivity index (χ3v) is 8.08. The van der Waals surface area contributed by atoms with Crippen LogP contribution in [0.25, 0.3) is 0 Å². The average Bonchev–Trinajstić information content (AvgIpc) is 2.82. The lowest BCUT2D eigenvalue weighted by atomic mass is 10.0. The Labute approximate surface area is 198 Å². The molecule has 1 saturated heterocycles. The molecule has 0 bridgehead atoms. The van der Waals surface area contributed by atoms with Crippen LogP contribution in [-0.2, 0) is 10.0 Å². The van der Waals surface area contributed by atoms with Crippen molar-refractivity contribution >= 4 is 21.5 Å². The normalized spacial score (nSPS) is 16.0. The first kappa shape index (κ1) is 25.4. The van der Waals surface area contributed by atoms with Gasteiger partial charge in [0.15, 0.2) is 5.78 Å². The van der Waals surface area contributed by atoms with Crippen molar-refractivity contribution < 1.29 is 13.2 Å². The van der Waals surface area contributed by atoms with Crippen LogP contribution in [0.4, 0.5) is 5.69 Å². The molecule has 180 valence electrons. The maximum absolute atomic E-state index is 12.8. The summed E-state index contributed by atoms with van der Waals surface area (Å²) in [5, 5.41) is 3.27. The zero-order valence-electron chi connectivity index (χ0n) is 20.1. The van der Waals surface area contributed by atoms with Gasteiger partial charge in [-0.05, 0) is 56.8 Å². The van der Waals surface area contributed by atoms with Crippen molar-refractivity contribution in [2.45, 2.75) is 30.2 Å². The van der Waals surface area contributed by atoms with Gasteiger partial charge >= 0.3 is 0 Å². The second-order valence-corrected chi connectivity index (χ2v) is 10.9. The zero-order valence-corrected chi connectivity index (χ0v) is 20.9. The lowest BCUT2D eigenvalue weighted by Crippen LogP contribution is -2.35. The number of nitrogens with one attached hydrogen (secondary N) is 1. The van der Waals surface area contributed by atoms with Gasteiger partial charge in [0.05, 0.1) is 11.4 Å². The molecule has 0 aromatic heterocycles. The van der Waals surface area contributed by atoms with E-state index in [0.29, 0.717) is 25.2 Å². The molecule has 1 aliphatic rings. The monoisotopic (exact) mass is 472 g/mol. The molecule has 8 heteroatoms. The number of anilines is 1. The van der Waals surface area contributed by atoms with Gasteiger partial charge in [-0.1, -0.05) is 30.7 Å². The molecule has 0 aliphatic carbocycles. The van der Waals surface area contributed by atoms with Crippen molar-refractivity contribution in [3.05, 3.63) is 59.7 Å². The van der Waals surface area contributed by atoms with Crippen LogP contribution in [0.3, 0.4) is 0 Å². The van der Waals surface area contributed by atoms with Crippen molar-refractivity contribution in [2.75, 3.05) is 59.3 Å². The van der Waals surface area contributed by atoms with Crippen LogP contribution >= 0.6 is 0 Å². The molecule has 1 unspecified atom stereocenters. The standard InChI is InChI=1S/C25H36N4O3S/c1-27(2)22-12-8-20(9-13-22)24(28(3)4)18-26-19-25(30)21-10-14-23(15-11-21)33(31,32)29-16-6-5-7-17-29/h8-15,24,26H,5-7,16-19H2,1-4H3. The van der Waals surface area contributed by atoms with Gasteiger partial charge in [-0.2, -0.15) is 4.31 Å². The number of ketones is 1. The van der Waals surface area contributed by atoms with E-state index in [4.69, 9.17) is 0 Å². The first-order chi connectivity index (χ1) is 15.7. The Kier molecular flexibility index (Phi) is 8.64. The van der Waals surface area contributed by atoms with E-state index in [1.807, 2.05) is 28.2 Å². The summed E-state index contributed by atoms with van der Waals surface area (Å²) >= 11 is 0. The summed E-state index contributed by atoms with van der Waals surface area (Å²) < 4.78 is 27.1. The van der Waals surface area contributed by atoms with Crippen molar-refractivity contribution in [1.29, 1.82) is 0 Å². The second kappa shape index (κ2) is 11.2. The maximum atomic E-state index is 12.8. The lowest BCUT2D eigenvalue weighted by Gasteiger charge is -2.26. The number of benzene rings is 2. The van der Waals surface area contributed by atoms with E-state index in [9.17, 15) is 13.2 Å². The molecular weight excluding hydrogens is 436 g/mol. The molecule has 1 fully saturated rings. The van der Waals surface area contributed by atoms with Gasteiger partial charge < -0.3 is 15.1 Å². The molecule has 2 aromatic carbocycles. The predicted octanol–water partition coefficient (Wildman–Crippen LogP) is 3.00. The number of sulfonamides is 1. The smallest absolute Gasteiger partial charge is 0.243 e. The summed E-state index contributed by atoms with van der Waals surface area (Å²) in [7, 11) is 4.59. The Morgan fingerprint density at radius 1 is 0.939 bits per heavy atom. The summed E-state index contributed by atoms with van der Waals surface area (Å²) in [5.41, 5.74) is 2.83. The second-order valence-electron chi connectivity index (χ2n) is 9.01. The number of nitrogens with zero attached hydrogens (tertiary/aromatic N) is 3. The summed E-state index contributed by atoms with van der Waals surface area (Å²) in [4.78, 5) is 17.1. The number of piperidine rings is 1. The van der Waals surface area contributed by atoms with Crippen LogP contribution in [0.15, 0.2) is 53.4 Å². The maximum Gasteiger partial charge on any atom is 0.243 e. The molecule has 2 aromatic rings. The van der Waals surface area contributed by atoms with Gasteiger partial charge in [-0.15, -0.1) is 0 Å². The molecule has 1 aliphatic heterocycles. The average molecular weight is 473 g/mol. The summed E-state index contributed by atoms with van der Waals surface area (Å²) in [6.45, 7) is 1.95. The first-order valence-corrected chi connectivity index (χ1v) is 12.9. The van der Waals surface area contributed by atoms with Gasteiger partial charge in [0.2, 0.25) is 10.0 Å². The minimum atomic E-state index is -3.48. The Balaban J connectivity index is 1.58. The van der Waals surface area contributed by atoms with E-state index in [-0.39, 0.29) is 23.3 Å². The van der Waals surface area contributed by atoms with Crippen molar-refractivity contribution in [2.24, 2.45) is 0 Å². The minimum absolute atomic E-state index is 0.0580. The van der Waals surface area contributed by atoms with E-state index in [0.717, 1.165) is 24.9 Å². The van der Waals surface area contributed by atoms with Gasteiger partial charge in [-0.25, -0.2) is 8.42 Å². The van der Waals surface area contributed by atoms with Crippen LogP contribution in [0.1, 0.15) is 41.2 Å². The molecule has 0 spiro atoms. The van der Waals surface area contributed by atoms with E-state index in [1.54, 1.807) is 28.6 Å². The van der Waals surface area contributed by atoms with Gasteiger partial charge in [0.1, 0.15) is 0 Å². The van der Waals surface area contributed by atoms with Crippen LogP contribution in [-0.4, -0.2) is 77.8 Å². The third kappa shape index (κ3) is 6.41. The largest absolute Gasteiger partial charge is 0.378 e. The molecule has 0 saturated carbocycles. The molecule has 7 nitrogen and oxygen atoms in total. The molecule has 1 N–H and O–H groups in total. The molecule has 1 atom stereocenters. The number of hydrogen-bond acceptors (Lipinski definition) is 6. The SMILES string of the molecule is CN(C)c1ccc(C(CNCC(=O)c2ccc(S(=O)(=O)N3CCCCC3)cc2)N(C)C)cc1. The van der Waals surface area contributed by atoms with Crippen LogP contribution in [0.5, 0.6) is 0 Å². The molecule has 33 heavy (non-hydrogen) atoms. The van der Waals surface area contributed by atoms with Crippen LogP contribution < -0.4 is 10.2 Å². The van der Waals surface area contributed by atoms with Crippen LogP contribution in [0, 0.1) is 0 Å². The van der Waals surface area contributed by atoms with Gasteiger partial charge in [0.25, 0.3) is 0 Å². The number of likely N-dealkylation sites (N-methyl/N-ethyl adjacent to an activating group) is 1. The molecule has 3 rings (SSSR count). The van der Waals surface area contributed by atoms with Crippen molar-refractivity contribution in [1.82, 2.24) is 14.5 Å². The lowest BCUT2D eigenvalue weighted by molar-refractivity contribution is 0.0988. The fraction of sp³-hybridized carbons (Fsp3) is 0.480. The summed E-state index contributed by atoms with van der Waals surface area (Å²) in [6, 6.07) is 14.9. The quantitative estimate of drug-likeness (QED) is 0.536. The van der Waals surface area contributed by atoms with E-state index in [2.05, 4.69) is 39.4 Å². The first-order valence-electron chi connectivity index (χ1n) is 11.5. The number of carbonyl (C=O) groups is 1. The van der Waals surface area contributed by atoms with Gasteiger partial charge in [-0.3, -0.25) is 4.79 Å². The van der Waals surface area contributed by atoms with E-state index >= 15 is 0 Å². The number of hydrogen-bond donors (Lipinski definition) is 1. The van der Waals surface area contributed by atoms with Gasteiger partial charge in [0, 0.05) is 51.0 Å². The zero-order chi connectivity index (χ0) is 24.0. The highest BCUT2D eigenvalue weighted by molar-refractivity contribution is 7.89. The number of Topliss-reactive ketones (excluding diaryl/α,β-unsaturated/α-hetero) is 1. The number of carbonyl (C=O) groups excluding carboxylic acids is 1. The third-order valence-electron chi connectivity index (χ3n) is 6.17. The number of rotatable bonds is 10. The Hall–Kier alpha value is -2.26. The van der Waals surface area contributed by atoms with Crippen LogP contribution in [0.2, 0.25) is 0 Å². The van der Waals surface area contributed by atoms with Crippen molar-refractivity contribution in [3.8, 4) is 0 Å². The highest BCUT2D eigenvalue weighted by atomic mass is 32.2. The Morgan fingerprint density at radius 3 is 2.09 bits per heavy atom. The Morgan fingerprint density at radius 2 is 1.55 bits per heavy atom. The highest BCUT2D eigenvalue weighted by Gasteiger charge is 2.26. The molecule has 0 radical (unpaired) electrons. The molecule has 1 heterocycles.